The van der Waals surface area contributed by atoms with E-state index < -0.39 is 12.0 Å². The van der Waals surface area contributed by atoms with E-state index in [0.717, 1.165) is 24.8 Å². The van der Waals surface area contributed by atoms with Crippen molar-refractivity contribution in [3.63, 3.8) is 0 Å². The van der Waals surface area contributed by atoms with Gasteiger partial charge in [-0.15, -0.1) is 0 Å². The van der Waals surface area contributed by atoms with Crippen LogP contribution in [0, 0.1) is 5.92 Å². The first-order valence-electron chi connectivity index (χ1n) is 8.29. The fraction of sp³-hybridized carbons (Fsp3) is 0.556. The molecule has 2 amide bonds. The topological polar surface area (TPSA) is 67.4 Å². The molecule has 2 N–H and O–H groups in total. The molecule has 5 nitrogen and oxygen atoms in total. The van der Waals surface area contributed by atoms with Gasteiger partial charge >= 0.3 is 12.0 Å². The summed E-state index contributed by atoms with van der Waals surface area (Å²) in [4.78, 5) is 24.2. The van der Waals surface area contributed by atoms with Gasteiger partial charge in [0.1, 0.15) is 6.04 Å². The molecule has 3 atom stereocenters. The highest BCUT2D eigenvalue weighted by Crippen LogP contribution is 2.23. The summed E-state index contributed by atoms with van der Waals surface area (Å²) in [6.07, 6.45) is 4.91. The molecule has 5 heteroatoms. The van der Waals surface area contributed by atoms with Gasteiger partial charge in [0, 0.05) is 12.5 Å². The number of urea groups is 1. The molecule has 0 aliphatic heterocycles. The Morgan fingerprint density at radius 2 is 1.91 bits per heavy atom. The number of nitrogens with one attached hydrogen (secondary N) is 2. The number of carbonyl (C=O) groups is 2. The van der Waals surface area contributed by atoms with Crippen molar-refractivity contribution in [1.29, 1.82) is 0 Å². The largest absolute Gasteiger partial charge is 0.467 e. The molecule has 126 valence electrons. The zero-order valence-electron chi connectivity index (χ0n) is 13.9. The molecule has 2 rings (SSSR count). The van der Waals surface area contributed by atoms with Crippen LogP contribution in [-0.4, -0.2) is 31.2 Å². The fourth-order valence-electron chi connectivity index (χ4n) is 3.08. The Morgan fingerprint density at radius 1 is 1.22 bits per heavy atom. The van der Waals surface area contributed by atoms with Crippen LogP contribution in [0.15, 0.2) is 30.3 Å². The zero-order chi connectivity index (χ0) is 16.7. The van der Waals surface area contributed by atoms with Crippen LogP contribution in [0.3, 0.4) is 0 Å². The maximum atomic E-state index is 12.2. The Kier molecular flexibility index (Phi) is 6.44. The summed E-state index contributed by atoms with van der Waals surface area (Å²) in [5.41, 5.74) is 0.981. The zero-order valence-corrected chi connectivity index (χ0v) is 13.9. The second-order valence-corrected chi connectivity index (χ2v) is 6.25. The van der Waals surface area contributed by atoms with Crippen molar-refractivity contribution >= 4 is 12.0 Å². The van der Waals surface area contributed by atoms with Gasteiger partial charge in [-0.25, -0.2) is 9.59 Å². The van der Waals surface area contributed by atoms with Crippen LogP contribution < -0.4 is 10.6 Å². The van der Waals surface area contributed by atoms with E-state index in [1.807, 2.05) is 30.3 Å². The number of methoxy groups -OCH3 is 1. The number of carbonyl (C=O) groups excluding carboxylic acids is 2. The van der Waals surface area contributed by atoms with Gasteiger partial charge in [0.2, 0.25) is 0 Å². The van der Waals surface area contributed by atoms with Crippen LogP contribution in [0.2, 0.25) is 0 Å². The molecule has 1 aliphatic rings. The third kappa shape index (κ3) is 5.27. The van der Waals surface area contributed by atoms with Crippen LogP contribution in [0.5, 0.6) is 0 Å². The molecule has 0 spiro atoms. The maximum Gasteiger partial charge on any atom is 0.328 e. The van der Waals surface area contributed by atoms with E-state index in [9.17, 15) is 9.59 Å². The summed E-state index contributed by atoms with van der Waals surface area (Å²) in [5.74, 6) is 0.0425. The van der Waals surface area contributed by atoms with E-state index in [4.69, 9.17) is 4.74 Å². The first-order chi connectivity index (χ1) is 11.1. The molecule has 1 aromatic rings. The van der Waals surface area contributed by atoms with E-state index in [1.54, 1.807) is 0 Å². The molecule has 0 radical (unpaired) electrons. The Balaban J connectivity index is 1.94. The number of rotatable bonds is 5. The third-order valence-electron chi connectivity index (χ3n) is 4.50. The Morgan fingerprint density at radius 3 is 2.57 bits per heavy atom. The molecule has 0 bridgehead atoms. The summed E-state index contributed by atoms with van der Waals surface area (Å²) in [6, 6.07) is 8.80. The predicted octanol–water partition coefficient (Wildman–Crippen LogP) is 2.65. The minimum absolute atomic E-state index is 0.179. The lowest BCUT2D eigenvalue weighted by Crippen LogP contribution is -2.52. The lowest BCUT2D eigenvalue weighted by molar-refractivity contribution is -0.142. The highest BCUT2D eigenvalue weighted by molar-refractivity contribution is 5.83. The second kappa shape index (κ2) is 8.56. The Bertz CT molecular complexity index is 518. The van der Waals surface area contributed by atoms with E-state index in [-0.39, 0.29) is 12.1 Å². The molecule has 1 fully saturated rings. The highest BCUT2D eigenvalue weighted by Gasteiger charge is 2.26. The molecular weight excluding hydrogens is 292 g/mol. The second-order valence-electron chi connectivity index (χ2n) is 6.25. The molecule has 1 aliphatic carbocycles. The Labute approximate surface area is 137 Å². The highest BCUT2D eigenvalue weighted by atomic mass is 16.5. The van der Waals surface area contributed by atoms with Crippen LogP contribution >= 0.6 is 0 Å². The van der Waals surface area contributed by atoms with E-state index in [1.165, 1.54) is 13.5 Å². The van der Waals surface area contributed by atoms with Crippen molar-refractivity contribution in [3.8, 4) is 0 Å². The van der Waals surface area contributed by atoms with Gasteiger partial charge in [0.05, 0.1) is 7.11 Å². The number of benzene rings is 1. The molecule has 0 aromatic heterocycles. The Hall–Kier alpha value is -2.04. The summed E-state index contributed by atoms with van der Waals surface area (Å²) >= 11 is 0. The van der Waals surface area contributed by atoms with Crippen LogP contribution in [0.1, 0.15) is 38.2 Å². The van der Waals surface area contributed by atoms with Crippen molar-refractivity contribution < 1.29 is 14.3 Å². The average molecular weight is 318 g/mol. The van der Waals surface area contributed by atoms with E-state index >= 15 is 0 Å². The van der Waals surface area contributed by atoms with E-state index in [2.05, 4.69) is 17.6 Å². The summed E-state index contributed by atoms with van der Waals surface area (Å²) in [7, 11) is 1.34. The number of amides is 2. The van der Waals surface area contributed by atoms with Gasteiger partial charge in [-0.3, -0.25) is 0 Å². The van der Waals surface area contributed by atoms with Gasteiger partial charge in [0.25, 0.3) is 0 Å². The number of hydrogen-bond acceptors (Lipinski definition) is 3. The third-order valence-corrected chi connectivity index (χ3v) is 4.50. The minimum Gasteiger partial charge on any atom is -0.467 e. The molecule has 0 unspecified atom stereocenters. The minimum atomic E-state index is -0.679. The van der Waals surface area contributed by atoms with Crippen LogP contribution in [-0.2, 0) is 16.0 Å². The van der Waals surface area contributed by atoms with Gasteiger partial charge in [0.15, 0.2) is 0 Å². The SMILES string of the molecule is COC(=O)[C@@H](Cc1ccccc1)NC(=O)N[C@@H]1CCCC[C@@H]1C. The monoisotopic (exact) mass is 318 g/mol. The number of esters is 1. The summed E-state index contributed by atoms with van der Waals surface area (Å²) in [5, 5.41) is 5.77. The molecule has 23 heavy (non-hydrogen) atoms. The van der Waals surface area contributed by atoms with Crippen molar-refractivity contribution in [2.45, 2.75) is 51.1 Å². The smallest absolute Gasteiger partial charge is 0.328 e. The van der Waals surface area contributed by atoms with Gasteiger partial charge in [-0.1, -0.05) is 50.1 Å². The lowest BCUT2D eigenvalue weighted by atomic mass is 9.86. The lowest BCUT2D eigenvalue weighted by Gasteiger charge is -2.30. The van der Waals surface area contributed by atoms with Gasteiger partial charge < -0.3 is 15.4 Å². The van der Waals surface area contributed by atoms with Crippen molar-refractivity contribution in [2.75, 3.05) is 7.11 Å². The first kappa shape index (κ1) is 17.3. The number of hydrogen-bond donors (Lipinski definition) is 2. The van der Waals surface area contributed by atoms with Gasteiger partial charge in [-0.2, -0.15) is 0 Å². The fourth-order valence-corrected chi connectivity index (χ4v) is 3.08. The van der Waals surface area contributed by atoms with Crippen molar-refractivity contribution in [3.05, 3.63) is 35.9 Å². The van der Waals surface area contributed by atoms with Crippen LogP contribution in [0.4, 0.5) is 4.79 Å². The van der Waals surface area contributed by atoms with Gasteiger partial charge in [-0.05, 0) is 24.3 Å². The average Bonchev–Trinajstić information content (AvgIpc) is 2.56. The maximum absolute atomic E-state index is 12.2. The van der Waals surface area contributed by atoms with E-state index in [0.29, 0.717) is 12.3 Å². The van der Waals surface area contributed by atoms with Crippen molar-refractivity contribution in [1.82, 2.24) is 10.6 Å². The molecule has 1 aromatic carbocycles. The molecular formula is C18H26N2O3. The quantitative estimate of drug-likeness (QED) is 0.820. The number of ether oxygens (including phenoxy) is 1. The first-order valence-corrected chi connectivity index (χ1v) is 8.29. The molecule has 0 heterocycles. The normalized spacial score (nSPS) is 22.0. The predicted molar refractivity (Wildman–Crippen MR) is 89.0 cm³/mol. The summed E-state index contributed by atoms with van der Waals surface area (Å²) in [6.45, 7) is 2.16. The van der Waals surface area contributed by atoms with Crippen LogP contribution in [0.25, 0.3) is 0 Å². The standard InChI is InChI=1S/C18H26N2O3/c1-13-8-6-7-11-15(13)19-18(22)20-16(17(21)23-2)12-14-9-4-3-5-10-14/h3-5,9-10,13,15-16H,6-8,11-12H2,1-2H3,(H2,19,20,22)/t13-,15+,16+/m0/s1. The molecule has 1 saturated carbocycles. The summed E-state index contributed by atoms with van der Waals surface area (Å²) < 4.78 is 4.82. The van der Waals surface area contributed by atoms with Crippen molar-refractivity contribution in [2.24, 2.45) is 5.92 Å². The molecule has 0 saturated heterocycles.